The number of hydrogen-bond donors (Lipinski definition) is 2. The average Bonchev–Trinajstić information content (AvgIpc) is 3.55. The lowest BCUT2D eigenvalue weighted by atomic mass is 9.87. The fraction of sp³-hybridized carbons (Fsp3) is 0.267. The van der Waals surface area contributed by atoms with E-state index in [4.69, 9.17) is 11.6 Å². The molecule has 6 heteroatoms. The molecule has 0 spiro atoms. The molecule has 3 aromatic carbocycles. The smallest absolute Gasteiger partial charge is 0.335 e. The van der Waals surface area contributed by atoms with Crippen LogP contribution in [0.1, 0.15) is 68.7 Å². The Morgan fingerprint density at radius 1 is 0.972 bits per heavy atom. The highest BCUT2D eigenvalue weighted by Gasteiger charge is 2.46. The van der Waals surface area contributed by atoms with Crippen molar-refractivity contribution < 1.29 is 14.7 Å². The van der Waals surface area contributed by atoms with Gasteiger partial charge in [0.25, 0.3) is 5.91 Å². The minimum Gasteiger partial charge on any atom is -0.478 e. The monoisotopic (exact) mass is 498 g/mol. The van der Waals surface area contributed by atoms with Crippen LogP contribution < -0.4 is 5.32 Å². The SMILES string of the molecule is O=C(O)c1ccc(C2(NC(=O)c3cc4c(c5ccn(Cc6ccc(Cl)cc6)c35)CCCC4)CC2)cc1. The van der Waals surface area contributed by atoms with Crippen LogP contribution in [0.5, 0.6) is 0 Å². The minimum atomic E-state index is -0.951. The Morgan fingerprint density at radius 2 is 1.69 bits per heavy atom. The highest BCUT2D eigenvalue weighted by atomic mass is 35.5. The van der Waals surface area contributed by atoms with Crippen molar-refractivity contribution >= 4 is 34.4 Å². The van der Waals surface area contributed by atoms with Crippen LogP contribution in [-0.2, 0) is 24.9 Å². The summed E-state index contributed by atoms with van der Waals surface area (Å²) in [6, 6.07) is 19.0. The van der Waals surface area contributed by atoms with E-state index in [0.29, 0.717) is 17.1 Å². The molecule has 0 atom stereocenters. The van der Waals surface area contributed by atoms with E-state index in [1.54, 1.807) is 12.1 Å². The normalized spacial score (nSPS) is 15.9. The number of fused-ring (bicyclic) bond motifs is 3. The van der Waals surface area contributed by atoms with Crippen LogP contribution in [0.25, 0.3) is 10.9 Å². The quantitative estimate of drug-likeness (QED) is 0.326. The third-order valence-electron chi connectivity index (χ3n) is 7.67. The molecular weight excluding hydrogens is 472 g/mol. The summed E-state index contributed by atoms with van der Waals surface area (Å²) < 4.78 is 2.17. The number of carboxylic acids is 1. The first-order valence-corrected chi connectivity index (χ1v) is 12.9. The van der Waals surface area contributed by atoms with E-state index < -0.39 is 11.5 Å². The highest BCUT2D eigenvalue weighted by Crippen LogP contribution is 2.46. The van der Waals surface area contributed by atoms with Gasteiger partial charge in [0.05, 0.1) is 22.2 Å². The van der Waals surface area contributed by atoms with Crippen molar-refractivity contribution in [2.45, 2.75) is 50.6 Å². The molecule has 2 aliphatic rings. The van der Waals surface area contributed by atoms with Crippen molar-refractivity contribution in [1.82, 2.24) is 9.88 Å². The minimum absolute atomic E-state index is 0.0794. The zero-order valence-electron chi connectivity index (χ0n) is 19.9. The van der Waals surface area contributed by atoms with E-state index in [2.05, 4.69) is 28.2 Å². The maximum absolute atomic E-state index is 13.9. The number of aromatic nitrogens is 1. The summed E-state index contributed by atoms with van der Waals surface area (Å²) in [7, 11) is 0. The van der Waals surface area contributed by atoms with Gasteiger partial charge in [0.2, 0.25) is 0 Å². The van der Waals surface area contributed by atoms with Crippen LogP contribution in [0.15, 0.2) is 66.9 Å². The lowest BCUT2D eigenvalue weighted by Crippen LogP contribution is -2.35. The summed E-state index contributed by atoms with van der Waals surface area (Å²) >= 11 is 6.09. The molecular formula is C30H27ClN2O3. The number of hydrogen-bond acceptors (Lipinski definition) is 2. The molecule has 36 heavy (non-hydrogen) atoms. The molecule has 0 radical (unpaired) electrons. The Labute approximate surface area is 214 Å². The van der Waals surface area contributed by atoms with Crippen molar-refractivity contribution in [3.8, 4) is 0 Å². The van der Waals surface area contributed by atoms with Crippen molar-refractivity contribution in [3.63, 3.8) is 0 Å². The summed E-state index contributed by atoms with van der Waals surface area (Å²) in [6.45, 7) is 0.654. The molecule has 1 heterocycles. The summed E-state index contributed by atoms with van der Waals surface area (Å²) in [4.78, 5) is 25.1. The second-order valence-corrected chi connectivity index (χ2v) is 10.5. The zero-order chi connectivity index (χ0) is 24.9. The summed E-state index contributed by atoms with van der Waals surface area (Å²) in [5.41, 5.74) is 6.20. The van der Waals surface area contributed by atoms with E-state index in [-0.39, 0.29) is 11.5 Å². The Bertz CT molecular complexity index is 1480. The topological polar surface area (TPSA) is 71.3 Å². The molecule has 0 aliphatic heterocycles. The number of nitrogens with one attached hydrogen (secondary N) is 1. The molecule has 5 nitrogen and oxygen atoms in total. The number of amides is 1. The van der Waals surface area contributed by atoms with Crippen molar-refractivity contribution in [2.24, 2.45) is 0 Å². The Kier molecular flexibility index (Phi) is 5.60. The molecule has 0 bridgehead atoms. The molecule has 182 valence electrons. The van der Waals surface area contributed by atoms with Crippen LogP contribution >= 0.6 is 11.6 Å². The van der Waals surface area contributed by atoms with Crippen LogP contribution in [0.2, 0.25) is 5.02 Å². The zero-order valence-corrected chi connectivity index (χ0v) is 20.6. The fourth-order valence-corrected chi connectivity index (χ4v) is 5.70. The lowest BCUT2D eigenvalue weighted by Gasteiger charge is -2.22. The summed E-state index contributed by atoms with van der Waals surface area (Å²) in [5.74, 6) is -1.03. The molecule has 1 fully saturated rings. The third kappa shape index (κ3) is 4.07. The first kappa shape index (κ1) is 22.9. The number of rotatable bonds is 6. The van der Waals surface area contributed by atoms with Gasteiger partial charge in [-0.2, -0.15) is 0 Å². The van der Waals surface area contributed by atoms with E-state index in [9.17, 15) is 14.7 Å². The molecule has 0 unspecified atom stereocenters. The van der Waals surface area contributed by atoms with E-state index in [1.807, 2.05) is 36.4 Å². The van der Waals surface area contributed by atoms with Gasteiger partial charge in [0.1, 0.15) is 0 Å². The van der Waals surface area contributed by atoms with Gasteiger partial charge in [-0.3, -0.25) is 4.79 Å². The summed E-state index contributed by atoms with van der Waals surface area (Å²) in [5, 5.41) is 14.4. The van der Waals surface area contributed by atoms with Crippen LogP contribution in [-0.4, -0.2) is 21.6 Å². The van der Waals surface area contributed by atoms with E-state index in [1.165, 1.54) is 22.9 Å². The number of nitrogens with zero attached hydrogens (tertiary/aromatic N) is 1. The van der Waals surface area contributed by atoms with Gasteiger partial charge >= 0.3 is 5.97 Å². The van der Waals surface area contributed by atoms with E-state index >= 15 is 0 Å². The fourth-order valence-electron chi connectivity index (χ4n) is 5.57. The predicted molar refractivity (Wildman–Crippen MR) is 141 cm³/mol. The number of aryl methyl sites for hydroxylation is 2. The first-order chi connectivity index (χ1) is 17.4. The molecule has 4 aromatic rings. The number of carbonyl (C=O) groups is 2. The van der Waals surface area contributed by atoms with Crippen LogP contribution in [0.4, 0.5) is 0 Å². The molecule has 1 saturated carbocycles. The number of halogens is 1. The van der Waals surface area contributed by atoms with Gasteiger partial charge < -0.3 is 15.0 Å². The molecule has 6 rings (SSSR count). The molecule has 2 aliphatic carbocycles. The van der Waals surface area contributed by atoms with Crippen LogP contribution in [0, 0.1) is 0 Å². The predicted octanol–water partition coefficient (Wildman–Crippen LogP) is 6.34. The Balaban J connectivity index is 1.38. The van der Waals surface area contributed by atoms with Gasteiger partial charge in [-0.1, -0.05) is 35.9 Å². The Hall–Kier alpha value is -3.57. The second kappa shape index (κ2) is 8.82. The van der Waals surface area contributed by atoms with Gasteiger partial charge in [-0.05, 0) is 97.2 Å². The maximum Gasteiger partial charge on any atom is 0.335 e. The van der Waals surface area contributed by atoms with Crippen molar-refractivity contribution in [1.29, 1.82) is 0 Å². The molecule has 2 N–H and O–H groups in total. The first-order valence-electron chi connectivity index (χ1n) is 12.5. The number of aromatic carboxylic acids is 1. The second-order valence-electron chi connectivity index (χ2n) is 10.0. The average molecular weight is 499 g/mol. The van der Waals surface area contributed by atoms with Gasteiger partial charge in [-0.25, -0.2) is 4.79 Å². The molecule has 1 amide bonds. The number of carboxylic acid groups (broad SMARTS) is 1. The lowest BCUT2D eigenvalue weighted by molar-refractivity contribution is 0.0696. The standard InChI is InChI=1S/C30H27ClN2O3/c31-23-11-5-19(6-12-23)18-33-16-13-25-24-4-2-1-3-21(24)17-26(27(25)33)28(34)32-30(14-15-30)22-9-7-20(8-10-22)29(35)36/h5-13,16-17H,1-4,14-15,18H2,(H,32,34)(H,35,36). The van der Waals surface area contributed by atoms with Gasteiger partial charge in [0, 0.05) is 23.2 Å². The van der Waals surface area contributed by atoms with Gasteiger partial charge in [-0.15, -0.1) is 0 Å². The van der Waals surface area contributed by atoms with Crippen LogP contribution in [0.3, 0.4) is 0 Å². The molecule has 0 saturated heterocycles. The Morgan fingerprint density at radius 3 is 2.39 bits per heavy atom. The number of carbonyl (C=O) groups excluding carboxylic acids is 1. The summed E-state index contributed by atoms with van der Waals surface area (Å²) in [6.07, 6.45) is 8.11. The van der Waals surface area contributed by atoms with Crippen molar-refractivity contribution in [2.75, 3.05) is 0 Å². The van der Waals surface area contributed by atoms with Gasteiger partial charge in [0.15, 0.2) is 0 Å². The third-order valence-corrected chi connectivity index (χ3v) is 7.92. The highest BCUT2D eigenvalue weighted by molar-refractivity contribution is 6.30. The van der Waals surface area contributed by atoms with Crippen molar-refractivity contribution in [3.05, 3.63) is 105 Å². The molecule has 1 aromatic heterocycles. The number of benzene rings is 3. The maximum atomic E-state index is 13.9. The largest absolute Gasteiger partial charge is 0.478 e. The van der Waals surface area contributed by atoms with E-state index in [0.717, 1.165) is 48.7 Å².